The molecule has 0 saturated heterocycles. The van der Waals surface area contributed by atoms with Crippen molar-refractivity contribution >= 4 is 21.8 Å². The van der Waals surface area contributed by atoms with Crippen LogP contribution < -0.4 is 10.6 Å². The van der Waals surface area contributed by atoms with E-state index in [1.54, 1.807) is 12.3 Å². The van der Waals surface area contributed by atoms with E-state index in [0.717, 1.165) is 17.4 Å². The van der Waals surface area contributed by atoms with Gasteiger partial charge in [-0.2, -0.15) is 0 Å². The molecule has 1 atom stereocenters. The number of carbonyl (C=O) groups excluding carboxylic acids is 1. The minimum atomic E-state index is -0.146. The SMILES string of the molecule is O=C(NCC1NCCc2ccccc21)c1ccc(Br)cn1. The van der Waals surface area contributed by atoms with Gasteiger partial charge >= 0.3 is 0 Å². The van der Waals surface area contributed by atoms with E-state index in [1.807, 2.05) is 12.1 Å². The summed E-state index contributed by atoms with van der Waals surface area (Å²) in [5.74, 6) is -0.146. The summed E-state index contributed by atoms with van der Waals surface area (Å²) in [4.78, 5) is 16.2. The van der Waals surface area contributed by atoms with Crippen LogP contribution in [0.4, 0.5) is 0 Å². The number of halogens is 1. The normalized spacial score (nSPS) is 17.1. The maximum Gasteiger partial charge on any atom is 0.269 e. The van der Waals surface area contributed by atoms with Crippen LogP contribution in [-0.4, -0.2) is 24.0 Å². The zero-order valence-electron chi connectivity index (χ0n) is 11.5. The number of hydrogen-bond acceptors (Lipinski definition) is 3. The Morgan fingerprint density at radius 2 is 2.19 bits per heavy atom. The Morgan fingerprint density at radius 1 is 1.33 bits per heavy atom. The highest BCUT2D eigenvalue weighted by Gasteiger charge is 2.19. The number of carbonyl (C=O) groups is 1. The van der Waals surface area contributed by atoms with Crippen molar-refractivity contribution in [3.8, 4) is 0 Å². The third-order valence-electron chi connectivity index (χ3n) is 3.64. The summed E-state index contributed by atoms with van der Waals surface area (Å²) in [7, 11) is 0. The summed E-state index contributed by atoms with van der Waals surface area (Å²) in [6.07, 6.45) is 2.66. The van der Waals surface area contributed by atoms with Gasteiger partial charge in [-0.15, -0.1) is 0 Å². The van der Waals surface area contributed by atoms with Crippen LogP contribution in [-0.2, 0) is 6.42 Å². The molecule has 2 heterocycles. The van der Waals surface area contributed by atoms with Gasteiger partial charge in [-0.1, -0.05) is 24.3 Å². The van der Waals surface area contributed by atoms with Gasteiger partial charge < -0.3 is 10.6 Å². The molecule has 0 fully saturated rings. The lowest BCUT2D eigenvalue weighted by Gasteiger charge is -2.27. The average molecular weight is 346 g/mol. The highest BCUT2D eigenvalue weighted by molar-refractivity contribution is 9.10. The molecule has 5 heteroatoms. The first-order chi connectivity index (χ1) is 10.2. The fourth-order valence-electron chi connectivity index (χ4n) is 2.57. The molecular formula is C16H16BrN3O. The number of pyridine rings is 1. The molecule has 1 amide bonds. The summed E-state index contributed by atoms with van der Waals surface area (Å²) in [6, 6.07) is 12.1. The van der Waals surface area contributed by atoms with E-state index in [-0.39, 0.29) is 11.9 Å². The van der Waals surface area contributed by atoms with Crippen LogP contribution in [0.15, 0.2) is 47.1 Å². The standard InChI is InChI=1S/C16H16BrN3O/c17-12-5-6-14(19-9-12)16(21)20-10-15-13-4-2-1-3-11(13)7-8-18-15/h1-6,9,15,18H,7-8,10H2,(H,20,21). The monoisotopic (exact) mass is 345 g/mol. The van der Waals surface area contributed by atoms with Crippen LogP contribution in [0.2, 0.25) is 0 Å². The molecule has 3 rings (SSSR count). The van der Waals surface area contributed by atoms with Gasteiger partial charge in [0.2, 0.25) is 0 Å². The number of amides is 1. The van der Waals surface area contributed by atoms with Crippen molar-refractivity contribution in [3.05, 3.63) is 63.9 Å². The summed E-state index contributed by atoms with van der Waals surface area (Å²) in [5, 5.41) is 6.40. The molecule has 0 aliphatic carbocycles. The molecular weight excluding hydrogens is 330 g/mol. The van der Waals surface area contributed by atoms with Crippen LogP contribution in [0, 0.1) is 0 Å². The Balaban J connectivity index is 1.66. The van der Waals surface area contributed by atoms with Crippen molar-refractivity contribution in [1.82, 2.24) is 15.6 Å². The maximum absolute atomic E-state index is 12.1. The lowest BCUT2D eigenvalue weighted by Crippen LogP contribution is -2.39. The fourth-order valence-corrected chi connectivity index (χ4v) is 2.80. The molecule has 4 nitrogen and oxygen atoms in total. The van der Waals surface area contributed by atoms with E-state index in [1.165, 1.54) is 11.1 Å². The second kappa shape index (κ2) is 6.37. The lowest BCUT2D eigenvalue weighted by molar-refractivity contribution is 0.0944. The number of nitrogens with one attached hydrogen (secondary N) is 2. The van der Waals surface area contributed by atoms with Gasteiger partial charge in [0.05, 0.1) is 0 Å². The molecule has 0 spiro atoms. The minimum absolute atomic E-state index is 0.146. The maximum atomic E-state index is 12.1. The molecule has 2 aromatic rings. The molecule has 0 bridgehead atoms. The van der Waals surface area contributed by atoms with Crippen molar-refractivity contribution in [2.45, 2.75) is 12.5 Å². The fraction of sp³-hybridized carbons (Fsp3) is 0.250. The second-order valence-corrected chi connectivity index (χ2v) is 5.94. The number of fused-ring (bicyclic) bond motifs is 1. The van der Waals surface area contributed by atoms with Gasteiger partial charge in [-0.05, 0) is 52.2 Å². The molecule has 1 unspecified atom stereocenters. The van der Waals surface area contributed by atoms with Gasteiger partial charge in [0.25, 0.3) is 5.91 Å². The van der Waals surface area contributed by atoms with Crippen molar-refractivity contribution < 1.29 is 4.79 Å². The quantitative estimate of drug-likeness (QED) is 0.898. The van der Waals surface area contributed by atoms with Gasteiger partial charge in [0, 0.05) is 23.3 Å². The van der Waals surface area contributed by atoms with Crippen molar-refractivity contribution in [1.29, 1.82) is 0 Å². The van der Waals surface area contributed by atoms with Gasteiger partial charge in [-0.3, -0.25) is 4.79 Å². The summed E-state index contributed by atoms with van der Waals surface area (Å²) >= 11 is 3.31. The Morgan fingerprint density at radius 3 is 3.00 bits per heavy atom. The lowest BCUT2D eigenvalue weighted by atomic mass is 9.94. The third-order valence-corrected chi connectivity index (χ3v) is 4.11. The average Bonchev–Trinajstić information content (AvgIpc) is 2.53. The number of aromatic nitrogens is 1. The number of benzene rings is 1. The van der Waals surface area contributed by atoms with Gasteiger partial charge in [0.1, 0.15) is 5.69 Å². The predicted octanol–water partition coefficient (Wildman–Crippen LogP) is 2.46. The van der Waals surface area contributed by atoms with E-state index in [0.29, 0.717) is 12.2 Å². The first-order valence-corrected chi connectivity index (χ1v) is 7.74. The first-order valence-electron chi connectivity index (χ1n) is 6.95. The number of rotatable bonds is 3. The van der Waals surface area contributed by atoms with Gasteiger partial charge in [-0.25, -0.2) is 4.98 Å². The molecule has 2 N–H and O–H groups in total. The summed E-state index contributed by atoms with van der Waals surface area (Å²) in [5.41, 5.74) is 3.06. The molecule has 1 aliphatic heterocycles. The second-order valence-electron chi connectivity index (χ2n) is 5.03. The van der Waals surface area contributed by atoms with Crippen molar-refractivity contribution in [2.24, 2.45) is 0 Å². The van der Waals surface area contributed by atoms with Crippen molar-refractivity contribution in [3.63, 3.8) is 0 Å². The molecule has 1 aromatic heterocycles. The molecule has 1 aliphatic rings. The topological polar surface area (TPSA) is 54.0 Å². The van der Waals surface area contributed by atoms with E-state index in [9.17, 15) is 4.79 Å². The van der Waals surface area contributed by atoms with E-state index < -0.39 is 0 Å². The Kier molecular flexibility index (Phi) is 4.31. The van der Waals surface area contributed by atoms with Crippen LogP contribution >= 0.6 is 15.9 Å². The smallest absolute Gasteiger partial charge is 0.269 e. The molecule has 1 aromatic carbocycles. The predicted molar refractivity (Wildman–Crippen MR) is 85.2 cm³/mol. The number of hydrogen-bond donors (Lipinski definition) is 2. The highest BCUT2D eigenvalue weighted by atomic mass is 79.9. The largest absolute Gasteiger partial charge is 0.349 e. The van der Waals surface area contributed by atoms with Crippen molar-refractivity contribution in [2.75, 3.05) is 13.1 Å². The highest BCUT2D eigenvalue weighted by Crippen LogP contribution is 2.21. The zero-order valence-corrected chi connectivity index (χ0v) is 13.1. The van der Waals surface area contributed by atoms with Crippen LogP contribution in [0.5, 0.6) is 0 Å². The Bertz CT molecular complexity index is 642. The molecule has 0 radical (unpaired) electrons. The third kappa shape index (κ3) is 3.31. The summed E-state index contributed by atoms with van der Waals surface area (Å²) < 4.78 is 0.863. The van der Waals surface area contributed by atoms with E-state index in [4.69, 9.17) is 0 Å². The first kappa shape index (κ1) is 14.2. The minimum Gasteiger partial charge on any atom is -0.349 e. The zero-order chi connectivity index (χ0) is 14.7. The molecule has 108 valence electrons. The number of nitrogens with zero attached hydrogens (tertiary/aromatic N) is 1. The van der Waals surface area contributed by atoms with Gasteiger partial charge in [0.15, 0.2) is 0 Å². The van der Waals surface area contributed by atoms with Crippen LogP contribution in [0.1, 0.15) is 27.7 Å². The van der Waals surface area contributed by atoms with E-state index >= 15 is 0 Å². The van der Waals surface area contributed by atoms with Crippen LogP contribution in [0.3, 0.4) is 0 Å². The van der Waals surface area contributed by atoms with Crippen LogP contribution in [0.25, 0.3) is 0 Å². The molecule has 0 saturated carbocycles. The summed E-state index contributed by atoms with van der Waals surface area (Å²) in [6.45, 7) is 1.50. The van der Waals surface area contributed by atoms with E-state index in [2.05, 4.69) is 49.7 Å². The Hall–Kier alpha value is -1.72. The Labute approximate surface area is 132 Å². The molecule has 21 heavy (non-hydrogen) atoms.